The van der Waals surface area contributed by atoms with E-state index in [4.69, 9.17) is 4.74 Å². The van der Waals surface area contributed by atoms with Crippen LogP contribution in [0.1, 0.15) is 26.0 Å². The van der Waals surface area contributed by atoms with Crippen molar-refractivity contribution >= 4 is 16.7 Å². The van der Waals surface area contributed by atoms with E-state index >= 15 is 0 Å². The van der Waals surface area contributed by atoms with Gasteiger partial charge >= 0.3 is 0 Å². The minimum Gasteiger partial charge on any atom is -0.379 e. The number of nitrogens with one attached hydrogen (secondary N) is 1. The number of carbonyl (C=O) groups is 1. The van der Waals surface area contributed by atoms with E-state index in [0.717, 1.165) is 44.7 Å². The molecule has 1 N–H and O–H groups in total. The minimum atomic E-state index is -0.115. The first kappa shape index (κ1) is 19.5. The largest absolute Gasteiger partial charge is 0.379 e. The van der Waals surface area contributed by atoms with Crippen LogP contribution in [0.2, 0.25) is 0 Å². The molecule has 7 heteroatoms. The highest BCUT2D eigenvalue weighted by Gasteiger charge is 2.19. The summed E-state index contributed by atoms with van der Waals surface area (Å²) in [5.41, 5.74) is 0.529. The first-order chi connectivity index (χ1) is 13.1. The highest BCUT2D eigenvalue weighted by Crippen LogP contribution is 2.14. The summed E-state index contributed by atoms with van der Waals surface area (Å²) >= 11 is 0. The quantitative estimate of drug-likeness (QED) is 0.790. The Morgan fingerprint density at radius 1 is 1.22 bits per heavy atom. The monoisotopic (exact) mass is 372 g/mol. The molecule has 0 unspecified atom stereocenters. The van der Waals surface area contributed by atoms with E-state index in [2.05, 4.69) is 22.2 Å². The maximum absolute atomic E-state index is 12.7. The Kier molecular flexibility index (Phi) is 6.58. The van der Waals surface area contributed by atoms with Crippen LogP contribution in [0.25, 0.3) is 10.8 Å². The van der Waals surface area contributed by atoms with Crippen LogP contribution in [0.15, 0.2) is 29.1 Å². The maximum Gasteiger partial charge on any atom is 0.274 e. The molecule has 2 aromatic rings. The van der Waals surface area contributed by atoms with Gasteiger partial charge in [-0.25, -0.2) is 4.68 Å². The van der Waals surface area contributed by atoms with Crippen LogP contribution in [-0.4, -0.2) is 59.5 Å². The zero-order valence-electron chi connectivity index (χ0n) is 16.1. The lowest BCUT2D eigenvalue weighted by molar-refractivity contribution is -0.121. The van der Waals surface area contributed by atoms with Crippen LogP contribution in [-0.2, 0) is 22.5 Å². The van der Waals surface area contributed by atoms with Gasteiger partial charge in [0.15, 0.2) is 0 Å². The number of morpholine rings is 1. The summed E-state index contributed by atoms with van der Waals surface area (Å²) in [6.45, 7) is 8.57. The van der Waals surface area contributed by atoms with E-state index in [0.29, 0.717) is 17.6 Å². The number of nitrogens with zero attached hydrogens (tertiary/aromatic N) is 3. The normalized spacial score (nSPS) is 16.4. The number of amides is 1. The molecular weight excluding hydrogens is 344 g/mol. The van der Waals surface area contributed by atoms with E-state index in [1.165, 1.54) is 4.68 Å². The van der Waals surface area contributed by atoms with E-state index in [1.807, 2.05) is 25.1 Å². The van der Waals surface area contributed by atoms with Crippen molar-refractivity contribution in [1.29, 1.82) is 0 Å². The lowest BCUT2D eigenvalue weighted by Gasteiger charge is -2.30. The second-order valence-corrected chi connectivity index (χ2v) is 6.88. The number of aromatic nitrogens is 2. The van der Waals surface area contributed by atoms with Gasteiger partial charge in [-0.1, -0.05) is 25.1 Å². The summed E-state index contributed by atoms with van der Waals surface area (Å²) in [5.74, 6) is -0.0611. The van der Waals surface area contributed by atoms with Gasteiger partial charge in [0.1, 0.15) is 0 Å². The molecule has 3 rings (SSSR count). The lowest BCUT2D eigenvalue weighted by atomic mass is 10.1. The van der Waals surface area contributed by atoms with Crippen molar-refractivity contribution in [2.45, 2.75) is 39.3 Å². The second kappa shape index (κ2) is 9.10. The Labute approximate surface area is 159 Å². The zero-order chi connectivity index (χ0) is 19.2. The van der Waals surface area contributed by atoms with Gasteiger partial charge in [-0.3, -0.25) is 14.5 Å². The van der Waals surface area contributed by atoms with Crippen LogP contribution in [0.3, 0.4) is 0 Å². The average Bonchev–Trinajstić information content (AvgIpc) is 2.70. The van der Waals surface area contributed by atoms with E-state index in [-0.39, 0.29) is 23.9 Å². The molecule has 0 radical (unpaired) electrons. The SMILES string of the molecule is CC[C@@H](CN1CCOCC1)NC(=O)Cc1nn(CC)c(=O)c2ccccc12. The van der Waals surface area contributed by atoms with E-state index in [1.54, 1.807) is 6.07 Å². The van der Waals surface area contributed by atoms with Gasteiger partial charge in [-0.2, -0.15) is 5.10 Å². The summed E-state index contributed by atoms with van der Waals surface area (Å²) in [5, 5.41) is 8.92. The predicted molar refractivity (Wildman–Crippen MR) is 105 cm³/mol. The maximum atomic E-state index is 12.7. The van der Waals surface area contributed by atoms with Crippen molar-refractivity contribution in [3.05, 3.63) is 40.3 Å². The molecule has 1 aliphatic rings. The van der Waals surface area contributed by atoms with Crippen molar-refractivity contribution in [2.75, 3.05) is 32.8 Å². The molecule has 0 aliphatic carbocycles. The third-order valence-electron chi connectivity index (χ3n) is 5.01. The highest BCUT2D eigenvalue weighted by molar-refractivity contribution is 5.88. The second-order valence-electron chi connectivity index (χ2n) is 6.88. The van der Waals surface area contributed by atoms with Crippen molar-refractivity contribution in [1.82, 2.24) is 20.0 Å². The van der Waals surface area contributed by atoms with Gasteiger partial charge in [0, 0.05) is 37.6 Å². The number of ether oxygens (including phenoxy) is 1. The molecular formula is C20H28N4O3. The Hall–Kier alpha value is -2.25. The Morgan fingerprint density at radius 3 is 2.59 bits per heavy atom. The zero-order valence-corrected chi connectivity index (χ0v) is 16.1. The molecule has 1 saturated heterocycles. The lowest BCUT2D eigenvalue weighted by Crippen LogP contribution is -2.47. The molecule has 1 aromatic heterocycles. The van der Waals surface area contributed by atoms with E-state index in [9.17, 15) is 9.59 Å². The third kappa shape index (κ3) is 4.73. The minimum absolute atomic E-state index is 0.0611. The summed E-state index contributed by atoms with van der Waals surface area (Å²) in [4.78, 5) is 27.4. The Bertz CT molecular complexity index is 843. The molecule has 1 aromatic carbocycles. The van der Waals surface area contributed by atoms with Crippen molar-refractivity contribution in [3.63, 3.8) is 0 Å². The van der Waals surface area contributed by atoms with Gasteiger partial charge < -0.3 is 10.1 Å². The number of benzene rings is 1. The fourth-order valence-electron chi connectivity index (χ4n) is 3.45. The number of fused-ring (bicyclic) bond motifs is 1. The van der Waals surface area contributed by atoms with Crippen molar-refractivity contribution in [2.24, 2.45) is 0 Å². The van der Waals surface area contributed by atoms with Crippen LogP contribution in [0, 0.1) is 0 Å². The van der Waals surface area contributed by atoms with Crippen LogP contribution >= 0.6 is 0 Å². The number of aryl methyl sites for hydroxylation is 1. The molecule has 1 fully saturated rings. The third-order valence-corrected chi connectivity index (χ3v) is 5.01. The molecule has 27 heavy (non-hydrogen) atoms. The fourth-order valence-corrected chi connectivity index (χ4v) is 3.45. The number of hydrogen-bond donors (Lipinski definition) is 1. The number of hydrogen-bond acceptors (Lipinski definition) is 5. The molecule has 146 valence electrons. The predicted octanol–water partition coefficient (Wildman–Crippen LogP) is 1.19. The molecule has 0 bridgehead atoms. The first-order valence-electron chi connectivity index (χ1n) is 9.70. The van der Waals surface area contributed by atoms with Crippen LogP contribution in [0.4, 0.5) is 0 Å². The topological polar surface area (TPSA) is 76.5 Å². The van der Waals surface area contributed by atoms with Gasteiger partial charge in [-0.15, -0.1) is 0 Å². The molecule has 2 heterocycles. The molecule has 0 saturated carbocycles. The van der Waals surface area contributed by atoms with Crippen molar-refractivity contribution < 1.29 is 9.53 Å². The van der Waals surface area contributed by atoms with Crippen LogP contribution < -0.4 is 10.9 Å². The Balaban J connectivity index is 1.73. The van der Waals surface area contributed by atoms with E-state index < -0.39 is 0 Å². The van der Waals surface area contributed by atoms with Crippen molar-refractivity contribution in [3.8, 4) is 0 Å². The molecule has 0 spiro atoms. The molecule has 1 atom stereocenters. The highest BCUT2D eigenvalue weighted by atomic mass is 16.5. The summed E-state index contributed by atoms with van der Waals surface area (Å²) in [6.07, 6.45) is 1.03. The molecule has 1 amide bonds. The first-order valence-corrected chi connectivity index (χ1v) is 9.70. The molecule has 7 nitrogen and oxygen atoms in total. The molecule has 1 aliphatic heterocycles. The fraction of sp³-hybridized carbons (Fsp3) is 0.550. The average molecular weight is 372 g/mol. The standard InChI is InChI=1S/C20H28N4O3/c1-3-15(14-23-9-11-27-12-10-23)21-19(25)13-18-16-7-5-6-8-17(16)20(26)24(4-2)22-18/h5-8,15H,3-4,9-14H2,1-2H3,(H,21,25)/t15-/m0/s1. The summed E-state index contributed by atoms with van der Waals surface area (Å²) in [7, 11) is 0. The van der Waals surface area contributed by atoms with Crippen LogP contribution in [0.5, 0.6) is 0 Å². The smallest absolute Gasteiger partial charge is 0.274 e. The number of carbonyl (C=O) groups excluding carboxylic acids is 1. The van der Waals surface area contributed by atoms with Gasteiger partial charge in [0.2, 0.25) is 5.91 Å². The number of rotatable bonds is 7. The van der Waals surface area contributed by atoms with Gasteiger partial charge in [-0.05, 0) is 19.4 Å². The van der Waals surface area contributed by atoms with Gasteiger partial charge in [0.05, 0.1) is 30.7 Å². The van der Waals surface area contributed by atoms with Gasteiger partial charge in [0.25, 0.3) is 5.56 Å². The Morgan fingerprint density at radius 2 is 1.93 bits per heavy atom. The summed E-state index contributed by atoms with van der Waals surface area (Å²) < 4.78 is 6.81. The summed E-state index contributed by atoms with van der Waals surface area (Å²) in [6, 6.07) is 7.45.